The first kappa shape index (κ1) is 14.4. The summed E-state index contributed by atoms with van der Waals surface area (Å²) in [6.45, 7) is 3.36. The van der Waals surface area contributed by atoms with Crippen LogP contribution in [0.25, 0.3) is 0 Å². The van der Waals surface area contributed by atoms with Gasteiger partial charge < -0.3 is 14.7 Å². The Balaban J connectivity index is 1.83. The highest BCUT2D eigenvalue weighted by molar-refractivity contribution is 5.37. The maximum Gasteiger partial charge on any atom is 0.122 e. The molecule has 106 valence electrons. The smallest absolute Gasteiger partial charge is 0.122 e. The Kier molecular flexibility index (Phi) is 5.67. The van der Waals surface area contributed by atoms with E-state index in [-0.39, 0.29) is 0 Å². The summed E-state index contributed by atoms with van der Waals surface area (Å²) in [5.74, 6) is 1.65. The van der Waals surface area contributed by atoms with Crippen LogP contribution in [0.2, 0.25) is 0 Å². The SMILES string of the molecule is CN(CCCCCO)CC1CCOc2ccccc21. The molecule has 1 atom stereocenters. The molecule has 0 aliphatic carbocycles. The summed E-state index contributed by atoms with van der Waals surface area (Å²) in [6.07, 6.45) is 4.32. The van der Waals surface area contributed by atoms with Gasteiger partial charge in [-0.1, -0.05) is 18.2 Å². The summed E-state index contributed by atoms with van der Waals surface area (Å²) >= 11 is 0. The summed E-state index contributed by atoms with van der Waals surface area (Å²) in [4.78, 5) is 2.41. The standard InChI is InChI=1S/C16H25NO2/c1-17(10-5-2-6-11-18)13-14-9-12-19-16-8-4-3-7-15(14)16/h3-4,7-8,14,18H,2,5-6,9-13H2,1H3. The van der Waals surface area contributed by atoms with Gasteiger partial charge in [-0.2, -0.15) is 0 Å². The number of hydrogen-bond acceptors (Lipinski definition) is 3. The molecule has 0 saturated carbocycles. The first-order chi connectivity index (χ1) is 9.31. The zero-order valence-corrected chi connectivity index (χ0v) is 11.8. The molecule has 1 aliphatic rings. The van der Waals surface area contributed by atoms with Crippen LogP contribution >= 0.6 is 0 Å². The third kappa shape index (κ3) is 4.22. The van der Waals surface area contributed by atoms with Crippen LogP contribution in [0.5, 0.6) is 5.75 Å². The fourth-order valence-corrected chi connectivity index (χ4v) is 2.74. The molecule has 0 bridgehead atoms. The summed E-state index contributed by atoms with van der Waals surface area (Å²) in [5.41, 5.74) is 1.36. The fourth-order valence-electron chi connectivity index (χ4n) is 2.74. The number of fused-ring (bicyclic) bond motifs is 1. The predicted molar refractivity (Wildman–Crippen MR) is 77.7 cm³/mol. The second kappa shape index (κ2) is 7.51. The summed E-state index contributed by atoms with van der Waals surface area (Å²) < 4.78 is 5.70. The highest BCUT2D eigenvalue weighted by Crippen LogP contribution is 2.33. The number of hydrogen-bond donors (Lipinski definition) is 1. The Morgan fingerprint density at radius 3 is 2.95 bits per heavy atom. The molecule has 0 radical (unpaired) electrons. The molecule has 0 amide bonds. The van der Waals surface area contributed by atoms with Gasteiger partial charge in [0.25, 0.3) is 0 Å². The predicted octanol–water partition coefficient (Wildman–Crippen LogP) is 2.65. The molecular weight excluding hydrogens is 238 g/mol. The Bertz CT molecular complexity index is 381. The molecule has 0 spiro atoms. The number of unbranched alkanes of at least 4 members (excludes halogenated alkanes) is 2. The Morgan fingerprint density at radius 2 is 2.11 bits per heavy atom. The molecule has 2 rings (SSSR count). The van der Waals surface area contributed by atoms with Crippen LogP contribution in [0, 0.1) is 0 Å². The number of aliphatic hydroxyl groups is 1. The molecule has 3 nitrogen and oxygen atoms in total. The lowest BCUT2D eigenvalue weighted by atomic mass is 9.92. The number of benzene rings is 1. The highest BCUT2D eigenvalue weighted by atomic mass is 16.5. The topological polar surface area (TPSA) is 32.7 Å². The van der Waals surface area contributed by atoms with E-state index in [1.54, 1.807) is 0 Å². The average Bonchev–Trinajstić information content (AvgIpc) is 2.44. The molecule has 0 fully saturated rings. The molecular formula is C16H25NO2. The van der Waals surface area contributed by atoms with Gasteiger partial charge in [-0.15, -0.1) is 0 Å². The number of nitrogens with zero attached hydrogens (tertiary/aromatic N) is 1. The molecule has 1 aromatic carbocycles. The lowest BCUT2D eigenvalue weighted by Crippen LogP contribution is -2.28. The van der Waals surface area contributed by atoms with Crippen LogP contribution in [0.1, 0.15) is 37.2 Å². The van der Waals surface area contributed by atoms with Gasteiger partial charge in [0.2, 0.25) is 0 Å². The van der Waals surface area contributed by atoms with Gasteiger partial charge in [-0.05, 0) is 50.9 Å². The van der Waals surface area contributed by atoms with Crippen molar-refractivity contribution >= 4 is 0 Å². The minimum Gasteiger partial charge on any atom is -0.493 e. The van der Waals surface area contributed by atoms with Gasteiger partial charge in [-0.25, -0.2) is 0 Å². The number of rotatable bonds is 7. The zero-order valence-electron chi connectivity index (χ0n) is 11.8. The van der Waals surface area contributed by atoms with E-state index in [1.807, 2.05) is 6.07 Å². The first-order valence-corrected chi connectivity index (χ1v) is 7.32. The van der Waals surface area contributed by atoms with Gasteiger partial charge in [0.1, 0.15) is 5.75 Å². The van der Waals surface area contributed by atoms with Gasteiger partial charge >= 0.3 is 0 Å². The molecule has 0 saturated heterocycles. The van der Waals surface area contributed by atoms with Crippen LogP contribution in [0.4, 0.5) is 0 Å². The maximum atomic E-state index is 8.77. The van der Waals surface area contributed by atoms with Crippen LogP contribution in [0.3, 0.4) is 0 Å². The van der Waals surface area contributed by atoms with Crippen LogP contribution in [0.15, 0.2) is 24.3 Å². The Hall–Kier alpha value is -1.06. The number of likely N-dealkylation sites (N-methyl/N-ethyl adjacent to an activating group) is 1. The number of aliphatic hydroxyl groups excluding tert-OH is 1. The van der Waals surface area contributed by atoms with E-state index in [0.29, 0.717) is 12.5 Å². The van der Waals surface area contributed by atoms with Crippen LogP contribution in [-0.4, -0.2) is 43.4 Å². The average molecular weight is 263 g/mol. The third-order valence-corrected chi connectivity index (χ3v) is 3.81. The van der Waals surface area contributed by atoms with E-state index in [1.165, 1.54) is 12.0 Å². The van der Waals surface area contributed by atoms with Crippen molar-refractivity contribution in [3.63, 3.8) is 0 Å². The second-order valence-electron chi connectivity index (χ2n) is 5.42. The van der Waals surface area contributed by atoms with Crippen LogP contribution in [-0.2, 0) is 0 Å². The third-order valence-electron chi connectivity index (χ3n) is 3.81. The lowest BCUT2D eigenvalue weighted by Gasteiger charge is -2.29. The quantitative estimate of drug-likeness (QED) is 0.768. The van der Waals surface area contributed by atoms with Gasteiger partial charge in [0.05, 0.1) is 6.61 Å². The molecule has 19 heavy (non-hydrogen) atoms. The molecule has 3 heteroatoms. The monoisotopic (exact) mass is 263 g/mol. The van der Waals surface area contributed by atoms with Crippen molar-refractivity contribution in [1.82, 2.24) is 4.90 Å². The van der Waals surface area contributed by atoms with Crippen molar-refractivity contribution in [3.05, 3.63) is 29.8 Å². The highest BCUT2D eigenvalue weighted by Gasteiger charge is 2.21. The van der Waals surface area contributed by atoms with E-state index in [2.05, 4.69) is 30.1 Å². The molecule has 1 aliphatic heterocycles. The first-order valence-electron chi connectivity index (χ1n) is 7.32. The molecule has 1 heterocycles. The minimum atomic E-state index is 0.317. The van der Waals surface area contributed by atoms with Gasteiger partial charge in [0.15, 0.2) is 0 Å². The fraction of sp³-hybridized carbons (Fsp3) is 0.625. The molecule has 1 aromatic rings. The normalized spacial score (nSPS) is 18.2. The van der Waals surface area contributed by atoms with Crippen molar-refractivity contribution in [3.8, 4) is 5.75 Å². The maximum absolute atomic E-state index is 8.77. The van der Waals surface area contributed by atoms with E-state index < -0.39 is 0 Å². The molecule has 0 aromatic heterocycles. The summed E-state index contributed by atoms with van der Waals surface area (Å²) in [6, 6.07) is 8.41. The largest absolute Gasteiger partial charge is 0.493 e. The summed E-state index contributed by atoms with van der Waals surface area (Å²) in [5, 5.41) is 8.77. The van der Waals surface area contributed by atoms with Crippen molar-refractivity contribution in [1.29, 1.82) is 0 Å². The van der Waals surface area contributed by atoms with E-state index in [4.69, 9.17) is 9.84 Å². The van der Waals surface area contributed by atoms with E-state index in [9.17, 15) is 0 Å². The van der Waals surface area contributed by atoms with Crippen LogP contribution < -0.4 is 4.74 Å². The van der Waals surface area contributed by atoms with Gasteiger partial charge in [0, 0.05) is 19.1 Å². The zero-order chi connectivity index (χ0) is 13.5. The van der Waals surface area contributed by atoms with Crippen molar-refractivity contribution in [2.75, 3.05) is 33.4 Å². The van der Waals surface area contributed by atoms with E-state index in [0.717, 1.165) is 44.7 Å². The molecule has 1 unspecified atom stereocenters. The van der Waals surface area contributed by atoms with Crippen molar-refractivity contribution in [2.24, 2.45) is 0 Å². The van der Waals surface area contributed by atoms with Crippen molar-refractivity contribution < 1.29 is 9.84 Å². The second-order valence-corrected chi connectivity index (χ2v) is 5.42. The van der Waals surface area contributed by atoms with Crippen molar-refractivity contribution in [2.45, 2.75) is 31.6 Å². The number of ether oxygens (including phenoxy) is 1. The minimum absolute atomic E-state index is 0.317. The Morgan fingerprint density at radius 1 is 1.26 bits per heavy atom. The number of para-hydroxylation sites is 1. The molecule has 1 N–H and O–H groups in total. The Labute approximate surface area is 116 Å². The lowest BCUT2D eigenvalue weighted by molar-refractivity contribution is 0.227. The van der Waals surface area contributed by atoms with Gasteiger partial charge in [-0.3, -0.25) is 0 Å². The summed E-state index contributed by atoms with van der Waals surface area (Å²) in [7, 11) is 2.19. The van der Waals surface area contributed by atoms with E-state index >= 15 is 0 Å².